The van der Waals surface area contributed by atoms with E-state index in [-0.39, 0.29) is 0 Å². The minimum absolute atomic E-state index is 0.373. The highest BCUT2D eigenvalue weighted by molar-refractivity contribution is 7.83. The number of hydrogen-bond acceptors (Lipinski definition) is 5. The Morgan fingerprint density at radius 3 is 2.30 bits per heavy atom. The fourth-order valence-electron chi connectivity index (χ4n) is 2.00. The highest BCUT2D eigenvalue weighted by Crippen LogP contribution is 2.36. The molecule has 20 heavy (non-hydrogen) atoms. The Hall–Kier alpha value is -0.915. The van der Waals surface area contributed by atoms with Crippen LogP contribution in [0.15, 0.2) is 12.1 Å². The monoisotopic (exact) mass is 296 g/mol. The summed E-state index contributed by atoms with van der Waals surface area (Å²) in [6.45, 7) is 7.95. The van der Waals surface area contributed by atoms with E-state index >= 15 is 0 Å². The molecule has 5 nitrogen and oxygen atoms in total. The molecule has 0 amide bonds. The van der Waals surface area contributed by atoms with E-state index in [1.54, 1.807) is 18.4 Å². The predicted molar refractivity (Wildman–Crippen MR) is 82.1 cm³/mol. The lowest BCUT2D eigenvalue weighted by molar-refractivity contribution is 0.00578. The number of nitrogens with two attached hydrogens (primary N) is 1. The van der Waals surface area contributed by atoms with Gasteiger partial charge in [0.15, 0.2) is 0 Å². The molecule has 0 aromatic carbocycles. The topological polar surface area (TPSA) is 74.4 Å². The first kappa shape index (κ1) is 15.5. The Balaban J connectivity index is 2.30. The van der Waals surface area contributed by atoms with Gasteiger partial charge >= 0.3 is 7.12 Å². The summed E-state index contributed by atoms with van der Waals surface area (Å²) in [4.78, 5) is 4.46. The van der Waals surface area contributed by atoms with Crippen LogP contribution < -0.4 is 11.3 Å². The van der Waals surface area contributed by atoms with Crippen LogP contribution in [0.25, 0.3) is 0 Å². The van der Waals surface area contributed by atoms with Crippen molar-refractivity contribution in [3.8, 4) is 0 Å². The average molecular weight is 296 g/mol. The maximum absolute atomic E-state index is 11.3. The van der Waals surface area contributed by atoms with Crippen molar-refractivity contribution >= 4 is 29.2 Å². The number of rotatable bonds is 3. The minimum Gasteiger partial charge on any atom is -0.399 e. The van der Waals surface area contributed by atoms with Gasteiger partial charge in [-0.15, -0.1) is 0 Å². The van der Waals surface area contributed by atoms with Crippen molar-refractivity contribution in [2.45, 2.75) is 44.6 Å². The van der Waals surface area contributed by atoms with Gasteiger partial charge in [-0.05, 0) is 39.8 Å². The van der Waals surface area contributed by atoms with Crippen molar-refractivity contribution in [3.05, 3.63) is 17.8 Å². The third kappa shape index (κ3) is 3.05. The van der Waals surface area contributed by atoms with Gasteiger partial charge in [-0.3, -0.25) is 9.19 Å². The third-order valence-electron chi connectivity index (χ3n) is 3.77. The summed E-state index contributed by atoms with van der Waals surface area (Å²) in [5, 5.41) is 0. The normalized spacial score (nSPS) is 21.9. The van der Waals surface area contributed by atoms with Crippen LogP contribution in [0, 0.1) is 0 Å². The molecule has 1 aliphatic heterocycles. The van der Waals surface area contributed by atoms with Crippen molar-refractivity contribution in [2.75, 3.05) is 12.0 Å². The van der Waals surface area contributed by atoms with Crippen LogP contribution in [0.4, 0.5) is 5.69 Å². The van der Waals surface area contributed by atoms with Crippen LogP contribution in [-0.2, 0) is 25.9 Å². The van der Waals surface area contributed by atoms with Crippen molar-refractivity contribution in [2.24, 2.45) is 0 Å². The van der Waals surface area contributed by atoms with Crippen molar-refractivity contribution < 1.29 is 13.5 Å². The molecule has 2 heterocycles. The van der Waals surface area contributed by atoms with E-state index in [0.717, 1.165) is 0 Å². The largest absolute Gasteiger partial charge is 0.514 e. The highest BCUT2D eigenvalue weighted by atomic mass is 32.2. The van der Waals surface area contributed by atoms with Crippen LogP contribution in [-0.4, -0.2) is 33.8 Å². The maximum atomic E-state index is 11.3. The van der Waals surface area contributed by atoms with Gasteiger partial charge in [0.1, 0.15) is 0 Å². The Bertz CT molecular complexity index is 532. The summed E-state index contributed by atoms with van der Waals surface area (Å²) in [6, 6.07) is 3.47. The van der Waals surface area contributed by atoms with Gasteiger partial charge in [0.05, 0.1) is 28.2 Å². The van der Waals surface area contributed by atoms with Crippen molar-refractivity contribution in [3.63, 3.8) is 0 Å². The van der Waals surface area contributed by atoms with E-state index < -0.39 is 29.1 Å². The zero-order valence-electron chi connectivity index (χ0n) is 12.6. The van der Waals surface area contributed by atoms with E-state index in [0.29, 0.717) is 22.7 Å². The Morgan fingerprint density at radius 1 is 1.25 bits per heavy atom. The first-order valence-corrected chi connectivity index (χ1v) is 8.25. The van der Waals surface area contributed by atoms with E-state index in [2.05, 4.69) is 4.98 Å². The molecule has 2 rings (SSSR count). The summed E-state index contributed by atoms with van der Waals surface area (Å²) >= 11 is 0. The molecule has 1 aromatic rings. The Morgan fingerprint density at radius 2 is 1.80 bits per heavy atom. The Labute approximate surface area is 122 Å². The maximum Gasteiger partial charge on any atom is 0.514 e. The first-order chi connectivity index (χ1) is 9.10. The molecule has 1 atom stereocenters. The van der Waals surface area contributed by atoms with Crippen LogP contribution in [0.3, 0.4) is 0 Å². The predicted octanol–water partition coefficient (Wildman–Crippen LogP) is 0.841. The van der Waals surface area contributed by atoms with Gasteiger partial charge in [0.25, 0.3) is 0 Å². The molecule has 1 unspecified atom stereocenters. The number of anilines is 1. The van der Waals surface area contributed by atoms with E-state index in [9.17, 15) is 4.21 Å². The molecule has 0 spiro atoms. The summed E-state index contributed by atoms with van der Waals surface area (Å²) in [5.74, 6) is 0.373. The summed E-state index contributed by atoms with van der Waals surface area (Å²) in [5.41, 5.74) is 6.94. The molecular formula is C13H21BN2O3S. The number of nitrogen functional groups attached to an aromatic ring is 1. The zero-order valence-corrected chi connectivity index (χ0v) is 13.4. The van der Waals surface area contributed by atoms with Crippen LogP contribution in [0.1, 0.15) is 33.4 Å². The molecule has 110 valence electrons. The average Bonchev–Trinajstić information content (AvgIpc) is 2.46. The lowest BCUT2D eigenvalue weighted by Crippen LogP contribution is -2.41. The number of hydrogen-bond donors (Lipinski definition) is 1. The first-order valence-electron chi connectivity index (χ1n) is 6.53. The molecule has 2 N–H and O–H groups in total. The minimum atomic E-state index is -0.965. The van der Waals surface area contributed by atoms with Gasteiger partial charge < -0.3 is 15.0 Å². The molecule has 1 aromatic heterocycles. The van der Waals surface area contributed by atoms with Crippen LogP contribution in [0.2, 0.25) is 0 Å². The lowest BCUT2D eigenvalue weighted by atomic mass is 9.84. The van der Waals surface area contributed by atoms with Gasteiger partial charge in [0, 0.05) is 22.7 Å². The van der Waals surface area contributed by atoms with Gasteiger partial charge in [-0.25, -0.2) is 0 Å². The molecule has 0 aliphatic carbocycles. The summed E-state index contributed by atoms with van der Waals surface area (Å²) in [6.07, 6.45) is 1.64. The molecule has 0 radical (unpaired) electrons. The van der Waals surface area contributed by atoms with E-state index in [4.69, 9.17) is 15.0 Å². The zero-order chi connectivity index (χ0) is 15.1. The SMILES string of the molecule is CS(=O)Cc1cc(N)cc(B2OC(C)(C)C(C)(C)O2)n1. The molecule has 0 bridgehead atoms. The van der Waals surface area contributed by atoms with E-state index in [1.165, 1.54) is 0 Å². The number of pyridine rings is 1. The second kappa shape index (κ2) is 5.13. The fourth-order valence-corrected chi connectivity index (χ4v) is 2.57. The molecule has 1 aliphatic rings. The van der Waals surface area contributed by atoms with Crippen LogP contribution >= 0.6 is 0 Å². The van der Waals surface area contributed by atoms with Crippen molar-refractivity contribution in [1.29, 1.82) is 0 Å². The molecule has 1 fully saturated rings. The molecule has 0 saturated carbocycles. The van der Waals surface area contributed by atoms with Crippen molar-refractivity contribution in [1.82, 2.24) is 4.98 Å². The second-order valence-electron chi connectivity index (χ2n) is 6.12. The summed E-state index contributed by atoms with van der Waals surface area (Å²) < 4.78 is 23.2. The van der Waals surface area contributed by atoms with E-state index in [1.807, 2.05) is 27.7 Å². The molecule has 1 saturated heterocycles. The van der Waals surface area contributed by atoms with Gasteiger partial charge in [-0.2, -0.15) is 0 Å². The fraction of sp³-hybridized carbons (Fsp3) is 0.615. The standard InChI is InChI=1S/C13H21BN2O3S/c1-12(2)13(3,4)19-14(18-12)11-7-9(15)6-10(16-11)8-20(5)17/h6-7H,8H2,1-5H3,(H2,15,16). The molecular weight excluding hydrogens is 275 g/mol. The van der Waals surface area contributed by atoms with Gasteiger partial charge in [0.2, 0.25) is 0 Å². The summed E-state index contributed by atoms with van der Waals surface area (Å²) in [7, 11) is -1.51. The highest BCUT2D eigenvalue weighted by Gasteiger charge is 2.52. The quantitative estimate of drug-likeness (QED) is 0.837. The van der Waals surface area contributed by atoms with Crippen LogP contribution in [0.5, 0.6) is 0 Å². The third-order valence-corrected chi connectivity index (χ3v) is 4.47. The molecule has 7 heteroatoms. The number of aromatic nitrogens is 1. The Kier molecular flexibility index (Phi) is 3.97. The number of nitrogens with zero attached hydrogens (tertiary/aromatic N) is 1. The second-order valence-corrected chi connectivity index (χ2v) is 7.56. The van der Waals surface area contributed by atoms with Gasteiger partial charge in [-0.1, -0.05) is 0 Å². The lowest BCUT2D eigenvalue weighted by Gasteiger charge is -2.32. The smallest absolute Gasteiger partial charge is 0.399 e.